The average Bonchev–Trinajstić information content (AvgIpc) is 3.56. The number of aryl methyl sites for hydroxylation is 1. The first-order valence-corrected chi connectivity index (χ1v) is 13.2. The number of amides is 1. The van der Waals surface area contributed by atoms with Crippen LogP contribution in [0.4, 0.5) is 5.69 Å². The Morgan fingerprint density at radius 1 is 1.00 bits per heavy atom. The van der Waals surface area contributed by atoms with E-state index in [-0.39, 0.29) is 30.0 Å². The number of carboxylic acids is 2. The van der Waals surface area contributed by atoms with E-state index in [4.69, 9.17) is 16.6 Å². The number of furan rings is 1. The monoisotopic (exact) mass is 570 g/mol. The number of nitrogens with one attached hydrogen (secondary N) is 2. The van der Waals surface area contributed by atoms with E-state index in [1.54, 1.807) is 24.4 Å². The Hall–Kier alpha value is -5.03. The summed E-state index contributed by atoms with van der Waals surface area (Å²) in [4.78, 5) is 42.4. The van der Waals surface area contributed by atoms with Gasteiger partial charge < -0.3 is 30.2 Å². The lowest BCUT2D eigenvalue weighted by Gasteiger charge is -2.25. The van der Waals surface area contributed by atoms with Crippen LogP contribution in [-0.4, -0.2) is 49.6 Å². The largest absolute Gasteiger partial charge is 0.478 e. The van der Waals surface area contributed by atoms with Crippen LogP contribution in [0.15, 0.2) is 83.4 Å². The zero-order valence-electron chi connectivity index (χ0n) is 21.9. The predicted octanol–water partition coefficient (Wildman–Crippen LogP) is 5.05. The molecule has 2 aromatic carbocycles. The summed E-state index contributed by atoms with van der Waals surface area (Å²) in [7, 11) is 0. The second-order valence-electron chi connectivity index (χ2n) is 9.60. The third-order valence-electron chi connectivity index (χ3n) is 6.71. The lowest BCUT2D eigenvalue weighted by Crippen LogP contribution is -2.32. The van der Waals surface area contributed by atoms with Gasteiger partial charge in [0.05, 0.1) is 22.9 Å². The molecule has 11 heteroatoms. The van der Waals surface area contributed by atoms with Crippen LogP contribution in [0.25, 0.3) is 11.3 Å². The number of aromatic nitrogens is 1. The van der Waals surface area contributed by atoms with Crippen molar-refractivity contribution in [2.45, 2.75) is 25.4 Å². The highest BCUT2D eigenvalue weighted by atomic mass is 32.1. The van der Waals surface area contributed by atoms with Crippen molar-refractivity contribution in [2.75, 3.05) is 11.9 Å². The Balaban J connectivity index is 1.45. The highest BCUT2D eigenvalue weighted by molar-refractivity contribution is 7.80. The van der Waals surface area contributed by atoms with E-state index in [1.165, 1.54) is 12.1 Å². The molecular formula is C30H26N4O6S. The Labute approximate surface area is 240 Å². The maximum Gasteiger partial charge on any atom is 0.335 e. The molecule has 41 heavy (non-hydrogen) atoms. The third kappa shape index (κ3) is 6.10. The fraction of sp³-hybridized carbons (Fsp3) is 0.167. The normalized spacial score (nSPS) is 16.3. The van der Waals surface area contributed by atoms with Gasteiger partial charge in [0.1, 0.15) is 17.6 Å². The zero-order valence-corrected chi connectivity index (χ0v) is 22.7. The number of benzene rings is 2. The molecule has 0 bridgehead atoms. The van der Waals surface area contributed by atoms with Crippen molar-refractivity contribution in [1.29, 1.82) is 0 Å². The first-order valence-electron chi connectivity index (χ1n) is 12.8. The van der Waals surface area contributed by atoms with E-state index >= 15 is 0 Å². The molecule has 0 radical (unpaired) electrons. The Morgan fingerprint density at radius 3 is 2.41 bits per heavy atom. The molecule has 0 saturated carbocycles. The lowest BCUT2D eigenvalue weighted by molar-refractivity contribution is -0.116. The van der Waals surface area contributed by atoms with E-state index in [0.717, 1.165) is 11.6 Å². The van der Waals surface area contributed by atoms with Crippen LogP contribution in [0, 0.1) is 6.92 Å². The molecular weight excluding hydrogens is 544 g/mol. The number of carboxylic acid groups (broad SMARTS) is 2. The van der Waals surface area contributed by atoms with Crippen molar-refractivity contribution >= 4 is 40.9 Å². The summed E-state index contributed by atoms with van der Waals surface area (Å²) in [6, 6.07) is 19.4. The molecule has 10 nitrogen and oxygen atoms in total. The summed E-state index contributed by atoms with van der Waals surface area (Å²) < 4.78 is 6.21. The highest BCUT2D eigenvalue weighted by Crippen LogP contribution is 2.40. The van der Waals surface area contributed by atoms with Gasteiger partial charge in [-0.25, -0.2) is 9.59 Å². The minimum absolute atomic E-state index is 0.150. The molecule has 2 atom stereocenters. The Bertz CT molecular complexity index is 1600. The van der Waals surface area contributed by atoms with E-state index in [1.807, 2.05) is 48.2 Å². The topological polar surface area (TPSA) is 145 Å². The average molecular weight is 571 g/mol. The molecule has 1 amide bonds. The standard InChI is InChI=1S/C30H26N4O6S/c1-17-5-4-6-21(13-17)32-25(35)10-12-34-27(26(33-30(34)41)22-7-2-3-11-31-22)24-9-8-23(40-24)18-14-19(28(36)37)16-20(15-18)29(38)39/h2-9,11,13-16,26-27H,10,12H2,1H3,(H,32,35)(H,33,41)(H,36,37)(H,38,39)/t26-,27+/m0/s1. The molecule has 1 saturated heterocycles. The fourth-order valence-corrected chi connectivity index (χ4v) is 5.14. The molecule has 0 unspecified atom stereocenters. The maximum absolute atomic E-state index is 12.8. The van der Waals surface area contributed by atoms with Gasteiger partial charge in [0.2, 0.25) is 5.91 Å². The minimum Gasteiger partial charge on any atom is -0.478 e. The summed E-state index contributed by atoms with van der Waals surface area (Å²) >= 11 is 5.67. The number of rotatable bonds is 9. The van der Waals surface area contributed by atoms with Gasteiger partial charge in [-0.3, -0.25) is 9.78 Å². The van der Waals surface area contributed by atoms with Crippen LogP contribution >= 0.6 is 12.2 Å². The molecule has 5 rings (SSSR count). The molecule has 1 aliphatic heterocycles. The van der Waals surface area contributed by atoms with Crippen LogP contribution in [0.3, 0.4) is 0 Å². The number of nitrogens with zero attached hydrogens (tertiary/aromatic N) is 2. The van der Waals surface area contributed by atoms with Gasteiger partial charge in [-0.15, -0.1) is 0 Å². The second-order valence-corrected chi connectivity index (χ2v) is 9.99. The van der Waals surface area contributed by atoms with Gasteiger partial charge in [0, 0.05) is 30.4 Å². The van der Waals surface area contributed by atoms with Crippen molar-refractivity contribution in [3.05, 3.63) is 107 Å². The molecule has 4 aromatic rings. The first kappa shape index (κ1) is 27.5. The van der Waals surface area contributed by atoms with E-state index in [2.05, 4.69) is 15.6 Å². The summed E-state index contributed by atoms with van der Waals surface area (Å²) in [6.07, 6.45) is 1.82. The van der Waals surface area contributed by atoms with Crippen LogP contribution in [0.5, 0.6) is 0 Å². The lowest BCUT2D eigenvalue weighted by atomic mass is 10.0. The Kier molecular flexibility index (Phi) is 7.79. The van der Waals surface area contributed by atoms with Crippen molar-refractivity contribution < 1.29 is 29.0 Å². The summed E-state index contributed by atoms with van der Waals surface area (Å²) in [5, 5.41) is 25.6. The summed E-state index contributed by atoms with van der Waals surface area (Å²) in [5.41, 5.74) is 2.42. The molecule has 2 aromatic heterocycles. The van der Waals surface area contributed by atoms with Crippen molar-refractivity contribution in [3.63, 3.8) is 0 Å². The molecule has 208 valence electrons. The van der Waals surface area contributed by atoms with Gasteiger partial charge in [-0.1, -0.05) is 18.2 Å². The smallest absolute Gasteiger partial charge is 0.335 e. The van der Waals surface area contributed by atoms with Gasteiger partial charge in [-0.05, 0) is 79.3 Å². The number of carbonyl (C=O) groups excluding carboxylic acids is 1. The van der Waals surface area contributed by atoms with E-state index in [0.29, 0.717) is 33.6 Å². The third-order valence-corrected chi connectivity index (χ3v) is 7.06. The summed E-state index contributed by atoms with van der Waals surface area (Å²) in [5.74, 6) is -1.90. The number of pyridine rings is 1. The van der Waals surface area contributed by atoms with Crippen molar-refractivity contribution in [2.24, 2.45) is 0 Å². The maximum atomic E-state index is 12.8. The fourth-order valence-electron chi connectivity index (χ4n) is 4.81. The molecule has 1 fully saturated rings. The quantitative estimate of drug-likeness (QED) is 0.202. The van der Waals surface area contributed by atoms with Gasteiger partial charge in [-0.2, -0.15) is 0 Å². The number of aromatic carboxylic acids is 2. The zero-order chi connectivity index (χ0) is 29.1. The van der Waals surface area contributed by atoms with Crippen molar-refractivity contribution in [3.8, 4) is 11.3 Å². The Morgan fingerprint density at radius 2 is 1.76 bits per heavy atom. The molecule has 0 spiro atoms. The number of hydrogen-bond donors (Lipinski definition) is 4. The van der Waals surface area contributed by atoms with Crippen LogP contribution in [0.2, 0.25) is 0 Å². The van der Waals surface area contributed by atoms with E-state index < -0.39 is 24.0 Å². The van der Waals surface area contributed by atoms with Crippen LogP contribution in [-0.2, 0) is 4.79 Å². The molecule has 1 aliphatic rings. The van der Waals surface area contributed by atoms with Crippen LogP contribution < -0.4 is 10.6 Å². The summed E-state index contributed by atoms with van der Waals surface area (Å²) in [6.45, 7) is 2.23. The predicted molar refractivity (Wildman–Crippen MR) is 155 cm³/mol. The van der Waals surface area contributed by atoms with Crippen LogP contribution in [0.1, 0.15) is 56.2 Å². The SMILES string of the molecule is Cc1cccc(NC(=O)CCN2C(=S)N[C@@H](c3ccccn3)[C@H]2c2ccc(-c3cc(C(=O)O)cc(C(=O)O)c3)o2)c1. The molecule has 0 aliphatic carbocycles. The van der Waals surface area contributed by atoms with Crippen molar-refractivity contribution in [1.82, 2.24) is 15.2 Å². The number of anilines is 1. The molecule has 3 heterocycles. The first-order chi connectivity index (χ1) is 19.7. The van der Waals surface area contributed by atoms with Gasteiger partial charge in [0.15, 0.2) is 5.11 Å². The van der Waals surface area contributed by atoms with Gasteiger partial charge in [0.25, 0.3) is 0 Å². The number of hydrogen-bond acceptors (Lipinski definition) is 6. The second kappa shape index (κ2) is 11.6. The molecule has 4 N–H and O–H groups in total. The number of carbonyl (C=O) groups is 3. The minimum atomic E-state index is -1.25. The van der Waals surface area contributed by atoms with E-state index in [9.17, 15) is 24.6 Å². The number of thiocarbonyl (C=S) groups is 1. The van der Waals surface area contributed by atoms with Gasteiger partial charge >= 0.3 is 11.9 Å². The highest BCUT2D eigenvalue weighted by Gasteiger charge is 2.41.